The van der Waals surface area contributed by atoms with E-state index in [2.05, 4.69) is 172 Å². The summed E-state index contributed by atoms with van der Waals surface area (Å²) in [4.78, 5) is 0. The summed E-state index contributed by atoms with van der Waals surface area (Å²) in [5, 5.41) is 5.29. The maximum Gasteiger partial charge on any atom is 0.0541 e. The van der Waals surface area contributed by atoms with Crippen molar-refractivity contribution in [3.8, 4) is 16.8 Å². The van der Waals surface area contributed by atoms with Crippen molar-refractivity contribution in [2.45, 2.75) is 51.4 Å². The van der Waals surface area contributed by atoms with Gasteiger partial charge in [-0.3, -0.25) is 0 Å². The lowest BCUT2D eigenvalue weighted by Gasteiger charge is -2.33. The number of benzene rings is 6. The van der Waals surface area contributed by atoms with E-state index in [4.69, 9.17) is 0 Å². The molecule has 7 rings (SSSR count). The summed E-state index contributed by atoms with van der Waals surface area (Å²) in [6, 6.07) is 51.1. The van der Waals surface area contributed by atoms with Crippen molar-refractivity contribution in [3.63, 3.8) is 0 Å². The van der Waals surface area contributed by atoms with E-state index in [-0.39, 0.29) is 10.8 Å². The van der Waals surface area contributed by atoms with Crippen LogP contribution in [0.1, 0.15) is 51.7 Å². The molecule has 0 aliphatic rings. The van der Waals surface area contributed by atoms with Gasteiger partial charge >= 0.3 is 0 Å². The van der Waals surface area contributed by atoms with Crippen LogP contribution in [-0.4, -0.2) is 4.57 Å². The molecule has 0 unspecified atom stereocenters. The van der Waals surface area contributed by atoms with Gasteiger partial charge in [-0.05, 0) is 81.0 Å². The molecule has 0 N–H and O–H groups in total. The average Bonchev–Trinajstić information content (AvgIpc) is 3.38. The van der Waals surface area contributed by atoms with Crippen LogP contribution in [0.2, 0.25) is 0 Å². The van der Waals surface area contributed by atoms with Gasteiger partial charge in [0, 0.05) is 16.5 Å². The first kappa shape index (κ1) is 27.2. The summed E-state index contributed by atoms with van der Waals surface area (Å²) in [6.07, 6.45) is 2.18. The Hall–Kier alpha value is -4.62. The van der Waals surface area contributed by atoms with Gasteiger partial charge in [-0.1, -0.05) is 143 Å². The molecule has 0 fully saturated rings. The molecule has 6 aromatic carbocycles. The maximum absolute atomic E-state index is 2.43. The van der Waals surface area contributed by atoms with Crippen molar-refractivity contribution in [2.75, 3.05) is 0 Å². The highest BCUT2D eigenvalue weighted by molar-refractivity contribution is 6.09. The fourth-order valence-electron chi connectivity index (χ4n) is 6.93. The molecule has 0 aliphatic carbocycles. The first-order chi connectivity index (χ1) is 20.8. The predicted octanol–water partition coefficient (Wildman–Crippen LogP) is 11.6. The zero-order valence-electron chi connectivity index (χ0n) is 25.6. The van der Waals surface area contributed by atoms with Gasteiger partial charge in [0.15, 0.2) is 0 Å². The Bertz CT molecular complexity index is 2020. The van der Waals surface area contributed by atoms with Crippen LogP contribution >= 0.6 is 0 Å². The molecule has 1 heterocycles. The number of hydrogen-bond donors (Lipinski definition) is 0. The lowest BCUT2D eigenvalue weighted by molar-refractivity contribution is 0.376. The third kappa shape index (κ3) is 4.83. The molecule has 0 aliphatic heterocycles. The van der Waals surface area contributed by atoms with Crippen molar-refractivity contribution in [1.82, 2.24) is 4.57 Å². The molecule has 1 nitrogen and oxygen atoms in total. The number of hydrogen-bond acceptors (Lipinski definition) is 0. The molecule has 43 heavy (non-hydrogen) atoms. The van der Waals surface area contributed by atoms with Crippen molar-refractivity contribution in [2.24, 2.45) is 0 Å². The fraction of sp³-hybridized carbons (Fsp3) is 0.190. The van der Waals surface area contributed by atoms with Gasteiger partial charge in [-0.15, -0.1) is 0 Å². The molecule has 0 saturated heterocycles. The Balaban J connectivity index is 1.21. The molecule has 0 radical (unpaired) electrons. The Morgan fingerprint density at radius 2 is 1.02 bits per heavy atom. The van der Waals surface area contributed by atoms with E-state index >= 15 is 0 Å². The van der Waals surface area contributed by atoms with E-state index < -0.39 is 0 Å². The molecule has 1 aromatic heterocycles. The molecular weight excluding hydrogens is 518 g/mol. The molecule has 212 valence electrons. The quantitative estimate of drug-likeness (QED) is 0.184. The molecule has 0 amide bonds. The molecular formula is C42H39N. The molecule has 1 heteroatoms. The van der Waals surface area contributed by atoms with E-state index in [1.54, 1.807) is 0 Å². The van der Waals surface area contributed by atoms with Crippen LogP contribution in [0, 0.1) is 0 Å². The molecule has 7 aromatic rings. The number of rotatable bonds is 7. The minimum atomic E-state index is 0.0197. The zero-order valence-corrected chi connectivity index (χ0v) is 25.6. The van der Waals surface area contributed by atoms with Crippen LogP contribution in [0.5, 0.6) is 0 Å². The first-order valence-corrected chi connectivity index (χ1v) is 15.5. The van der Waals surface area contributed by atoms with E-state index in [1.165, 1.54) is 60.5 Å². The highest BCUT2D eigenvalue weighted by Gasteiger charge is 2.29. The second kappa shape index (κ2) is 10.6. The van der Waals surface area contributed by atoms with Crippen LogP contribution in [0.15, 0.2) is 140 Å². The third-order valence-electron chi connectivity index (χ3n) is 9.58. The van der Waals surface area contributed by atoms with Gasteiger partial charge in [0.25, 0.3) is 0 Å². The lowest BCUT2D eigenvalue weighted by Crippen LogP contribution is -2.24. The van der Waals surface area contributed by atoms with Crippen LogP contribution < -0.4 is 0 Å². The number of fused-ring (bicyclic) bond motifs is 4. The van der Waals surface area contributed by atoms with Gasteiger partial charge in [0.1, 0.15) is 0 Å². The summed E-state index contributed by atoms with van der Waals surface area (Å²) in [5.41, 5.74) is 9.17. The molecule has 0 bridgehead atoms. The van der Waals surface area contributed by atoms with Gasteiger partial charge in [0.2, 0.25) is 0 Å². The standard InChI is InChI=1S/C42H39N/c1-41(2,31-17-14-18-32(29-31)43-39-23-12-10-21-36(39)37-22-11-13-24-40(37)43)27-28-42(3,4)38-26-25-33(30-15-6-5-7-16-30)34-19-8-9-20-35(34)38/h5-26,29H,27-28H2,1-4H3. The highest BCUT2D eigenvalue weighted by Crippen LogP contribution is 2.41. The molecule has 0 atom stereocenters. The largest absolute Gasteiger partial charge is 0.309 e. The van der Waals surface area contributed by atoms with Crippen LogP contribution in [0.3, 0.4) is 0 Å². The minimum absolute atomic E-state index is 0.0197. The zero-order chi connectivity index (χ0) is 29.6. The van der Waals surface area contributed by atoms with E-state index in [0.29, 0.717) is 0 Å². The first-order valence-electron chi connectivity index (χ1n) is 15.5. The van der Waals surface area contributed by atoms with Gasteiger partial charge < -0.3 is 4.57 Å². The summed E-state index contributed by atoms with van der Waals surface area (Å²) in [5.74, 6) is 0. The molecule has 0 saturated carbocycles. The van der Waals surface area contributed by atoms with Crippen molar-refractivity contribution in [3.05, 3.63) is 151 Å². The lowest BCUT2D eigenvalue weighted by atomic mass is 9.71. The minimum Gasteiger partial charge on any atom is -0.309 e. The van der Waals surface area contributed by atoms with Crippen molar-refractivity contribution < 1.29 is 0 Å². The Morgan fingerprint density at radius 3 is 1.70 bits per heavy atom. The Kier molecular flexibility index (Phi) is 6.70. The average molecular weight is 558 g/mol. The van der Waals surface area contributed by atoms with E-state index in [9.17, 15) is 0 Å². The van der Waals surface area contributed by atoms with Crippen LogP contribution in [0.25, 0.3) is 49.4 Å². The maximum atomic E-state index is 2.43. The van der Waals surface area contributed by atoms with Gasteiger partial charge in [-0.25, -0.2) is 0 Å². The normalized spacial score (nSPS) is 12.4. The third-order valence-corrected chi connectivity index (χ3v) is 9.58. The molecule has 0 spiro atoms. The Morgan fingerprint density at radius 1 is 0.465 bits per heavy atom. The van der Waals surface area contributed by atoms with Gasteiger partial charge in [0.05, 0.1) is 11.0 Å². The fourth-order valence-corrected chi connectivity index (χ4v) is 6.93. The smallest absolute Gasteiger partial charge is 0.0541 e. The summed E-state index contributed by atoms with van der Waals surface area (Å²) >= 11 is 0. The van der Waals surface area contributed by atoms with Gasteiger partial charge in [-0.2, -0.15) is 0 Å². The monoisotopic (exact) mass is 557 g/mol. The van der Waals surface area contributed by atoms with Crippen LogP contribution in [0.4, 0.5) is 0 Å². The second-order valence-electron chi connectivity index (χ2n) is 13.3. The number of aromatic nitrogens is 1. The van der Waals surface area contributed by atoms with E-state index in [1.807, 2.05) is 0 Å². The summed E-state index contributed by atoms with van der Waals surface area (Å²) < 4.78 is 2.43. The van der Waals surface area contributed by atoms with Crippen molar-refractivity contribution in [1.29, 1.82) is 0 Å². The Labute approximate surface area is 255 Å². The number of nitrogens with zero attached hydrogens (tertiary/aromatic N) is 1. The summed E-state index contributed by atoms with van der Waals surface area (Å²) in [6.45, 7) is 9.65. The van der Waals surface area contributed by atoms with Crippen LogP contribution in [-0.2, 0) is 10.8 Å². The SMILES string of the molecule is CC(C)(CCC(C)(C)c1ccc(-c2ccccc2)c2ccccc12)c1cccc(-n2c3ccccc3c3ccccc32)c1. The number of para-hydroxylation sites is 2. The summed E-state index contributed by atoms with van der Waals surface area (Å²) in [7, 11) is 0. The highest BCUT2D eigenvalue weighted by atomic mass is 15.0. The topological polar surface area (TPSA) is 4.93 Å². The van der Waals surface area contributed by atoms with Crippen molar-refractivity contribution >= 4 is 32.6 Å². The second-order valence-corrected chi connectivity index (χ2v) is 13.3. The van der Waals surface area contributed by atoms with E-state index in [0.717, 1.165) is 12.8 Å². The predicted molar refractivity (Wildman–Crippen MR) is 185 cm³/mol.